The van der Waals surface area contributed by atoms with Gasteiger partial charge in [-0.3, -0.25) is 4.90 Å². The van der Waals surface area contributed by atoms with Crippen molar-refractivity contribution in [3.8, 4) is 11.5 Å². The molecule has 0 aliphatic heterocycles. The molecule has 120 valence electrons. The number of aliphatic hydroxyl groups is 1. The molecule has 21 heavy (non-hydrogen) atoms. The monoisotopic (exact) mass is 297 g/mol. The van der Waals surface area contributed by atoms with Gasteiger partial charge < -0.3 is 19.3 Å². The van der Waals surface area contributed by atoms with Crippen LogP contribution in [0.3, 0.4) is 0 Å². The Bertz CT molecular complexity index is 423. The third-order valence-corrected chi connectivity index (χ3v) is 3.51. The fourth-order valence-electron chi connectivity index (χ4n) is 2.16. The zero-order chi connectivity index (χ0) is 15.8. The van der Waals surface area contributed by atoms with Crippen molar-refractivity contribution in [3.05, 3.63) is 23.8 Å². The summed E-state index contributed by atoms with van der Waals surface area (Å²) in [4.78, 5) is 2.19. The highest BCUT2D eigenvalue weighted by molar-refractivity contribution is 5.43. The molecule has 1 unspecified atom stereocenters. The number of rotatable bonds is 9. The SMILES string of the molecule is COCCN(CC(O)c1ccc(OC)c(OC)c1)C(C)C. The summed E-state index contributed by atoms with van der Waals surface area (Å²) in [6.07, 6.45) is -0.580. The molecular weight excluding hydrogens is 270 g/mol. The summed E-state index contributed by atoms with van der Waals surface area (Å²) in [5, 5.41) is 10.4. The third kappa shape index (κ3) is 5.19. The second-order valence-corrected chi connectivity index (χ2v) is 5.21. The summed E-state index contributed by atoms with van der Waals surface area (Å²) < 4.78 is 15.6. The van der Waals surface area contributed by atoms with Crippen molar-refractivity contribution in [2.24, 2.45) is 0 Å². The summed E-state index contributed by atoms with van der Waals surface area (Å²) in [5.41, 5.74) is 0.815. The molecule has 5 heteroatoms. The van der Waals surface area contributed by atoms with Crippen molar-refractivity contribution in [3.63, 3.8) is 0 Å². The van der Waals surface area contributed by atoms with Gasteiger partial charge >= 0.3 is 0 Å². The molecule has 1 aromatic carbocycles. The lowest BCUT2D eigenvalue weighted by atomic mass is 10.1. The van der Waals surface area contributed by atoms with Gasteiger partial charge in [0.05, 0.1) is 26.9 Å². The molecular formula is C16H27NO4. The molecule has 0 aliphatic rings. The summed E-state index contributed by atoms with van der Waals surface area (Å²) in [5.74, 6) is 1.29. The van der Waals surface area contributed by atoms with Gasteiger partial charge in [0.1, 0.15) is 0 Å². The van der Waals surface area contributed by atoms with Crippen molar-refractivity contribution in [1.82, 2.24) is 4.90 Å². The molecule has 0 heterocycles. The second-order valence-electron chi connectivity index (χ2n) is 5.21. The molecule has 1 aromatic rings. The van der Waals surface area contributed by atoms with E-state index in [1.807, 2.05) is 18.2 Å². The smallest absolute Gasteiger partial charge is 0.161 e. The van der Waals surface area contributed by atoms with Crippen LogP contribution in [0.2, 0.25) is 0 Å². The van der Waals surface area contributed by atoms with Crippen molar-refractivity contribution >= 4 is 0 Å². The summed E-state index contributed by atoms with van der Waals surface area (Å²) >= 11 is 0. The van der Waals surface area contributed by atoms with Crippen molar-refractivity contribution < 1.29 is 19.3 Å². The minimum atomic E-state index is -0.580. The van der Waals surface area contributed by atoms with Gasteiger partial charge in [0.25, 0.3) is 0 Å². The first-order valence-electron chi connectivity index (χ1n) is 7.16. The van der Waals surface area contributed by atoms with Gasteiger partial charge in [-0.1, -0.05) is 6.07 Å². The van der Waals surface area contributed by atoms with E-state index >= 15 is 0 Å². The van der Waals surface area contributed by atoms with Crippen molar-refractivity contribution in [1.29, 1.82) is 0 Å². The lowest BCUT2D eigenvalue weighted by Crippen LogP contribution is -2.37. The van der Waals surface area contributed by atoms with Gasteiger partial charge in [-0.25, -0.2) is 0 Å². The Morgan fingerprint density at radius 2 is 1.76 bits per heavy atom. The van der Waals surface area contributed by atoms with E-state index in [0.717, 1.165) is 12.1 Å². The van der Waals surface area contributed by atoms with Crippen LogP contribution in [0.15, 0.2) is 18.2 Å². The molecule has 5 nitrogen and oxygen atoms in total. The highest BCUT2D eigenvalue weighted by atomic mass is 16.5. The summed E-state index contributed by atoms with van der Waals surface area (Å²) in [6.45, 7) is 6.21. The lowest BCUT2D eigenvalue weighted by molar-refractivity contribution is 0.0720. The third-order valence-electron chi connectivity index (χ3n) is 3.51. The quantitative estimate of drug-likeness (QED) is 0.756. The Balaban J connectivity index is 2.79. The molecule has 1 atom stereocenters. The van der Waals surface area contributed by atoms with Crippen LogP contribution in [-0.4, -0.2) is 57.1 Å². The summed E-state index contributed by atoms with van der Waals surface area (Å²) in [7, 11) is 4.87. The van der Waals surface area contributed by atoms with Gasteiger partial charge in [0.2, 0.25) is 0 Å². The largest absolute Gasteiger partial charge is 0.493 e. The number of aliphatic hydroxyl groups excluding tert-OH is 1. The Kier molecular flexibility index (Phi) is 7.50. The number of ether oxygens (including phenoxy) is 3. The molecule has 0 saturated carbocycles. The number of benzene rings is 1. The standard InChI is InChI=1S/C16H27NO4/c1-12(2)17(8-9-19-3)11-14(18)13-6-7-15(20-4)16(10-13)21-5/h6-7,10,12,14,18H,8-9,11H2,1-5H3. The van der Waals surface area contributed by atoms with E-state index in [4.69, 9.17) is 14.2 Å². The van der Waals surface area contributed by atoms with Crippen molar-refractivity contribution in [2.75, 3.05) is 41.0 Å². The van der Waals surface area contributed by atoms with Crippen LogP contribution in [0.1, 0.15) is 25.5 Å². The van der Waals surface area contributed by atoms with Crippen LogP contribution < -0.4 is 9.47 Å². The van der Waals surface area contributed by atoms with Crippen LogP contribution in [0.5, 0.6) is 11.5 Å². The van der Waals surface area contributed by atoms with Crippen LogP contribution in [0, 0.1) is 0 Å². The van der Waals surface area contributed by atoms with E-state index in [1.54, 1.807) is 21.3 Å². The van der Waals surface area contributed by atoms with Gasteiger partial charge in [-0.2, -0.15) is 0 Å². The van der Waals surface area contributed by atoms with E-state index in [2.05, 4.69) is 18.7 Å². The maximum atomic E-state index is 10.4. The molecule has 0 radical (unpaired) electrons. The highest BCUT2D eigenvalue weighted by Gasteiger charge is 2.17. The molecule has 0 amide bonds. The first kappa shape index (κ1) is 17.8. The molecule has 1 rings (SSSR count). The van der Waals surface area contributed by atoms with E-state index < -0.39 is 6.10 Å². The highest BCUT2D eigenvalue weighted by Crippen LogP contribution is 2.30. The Labute approximate surface area is 127 Å². The minimum Gasteiger partial charge on any atom is -0.493 e. The molecule has 0 saturated heterocycles. The zero-order valence-corrected chi connectivity index (χ0v) is 13.6. The zero-order valence-electron chi connectivity index (χ0n) is 13.6. The maximum Gasteiger partial charge on any atom is 0.161 e. The molecule has 0 aromatic heterocycles. The number of hydrogen-bond acceptors (Lipinski definition) is 5. The topological polar surface area (TPSA) is 51.2 Å². The Morgan fingerprint density at radius 1 is 1.10 bits per heavy atom. The number of nitrogens with zero attached hydrogens (tertiary/aromatic N) is 1. The number of methoxy groups -OCH3 is 3. The predicted octanol–water partition coefficient (Wildman–Crippen LogP) is 2.09. The first-order valence-corrected chi connectivity index (χ1v) is 7.16. The average Bonchev–Trinajstić information content (AvgIpc) is 2.49. The minimum absolute atomic E-state index is 0.343. The molecule has 0 bridgehead atoms. The lowest BCUT2D eigenvalue weighted by Gasteiger charge is -2.28. The van der Waals surface area contributed by atoms with Gasteiger partial charge in [-0.05, 0) is 31.5 Å². The maximum absolute atomic E-state index is 10.4. The van der Waals surface area contributed by atoms with Crippen LogP contribution >= 0.6 is 0 Å². The van der Waals surface area contributed by atoms with E-state index in [1.165, 1.54) is 0 Å². The normalized spacial score (nSPS) is 12.8. The fourth-order valence-corrected chi connectivity index (χ4v) is 2.16. The molecule has 1 N–H and O–H groups in total. The van der Waals surface area contributed by atoms with Crippen LogP contribution in [0.4, 0.5) is 0 Å². The Hall–Kier alpha value is -1.30. The van der Waals surface area contributed by atoms with Crippen LogP contribution in [-0.2, 0) is 4.74 Å². The average molecular weight is 297 g/mol. The van der Waals surface area contributed by atoms with E-state index in [-0.39, 0.29) is 0 Å². The van der Waals surface area contributed by atoms with E-state index in [0.29, 0.717) is 30.7 Å². The summed E-state index contributed by atoms with van der Waals surface area (Å²) in [6, 6.07) is 5.83. The van der Waals surface area contributed by atoms with Gasteiger partial charge in [0.15, 0.2) is 11.5 Å². The predicted molar refractivity (Wildman–Crippen MR) is 83.1 cm³/mol. The Morgan fingerprint density at radius 3 is 2.29 bits per heavy atom. The molecule has 0 fully saturated rings. The second kappa shape index (κ2) is 8.87. The molecule has 0 aliphatic carbocycles. The van der Waals surface area contributed by atoms with Crippen LogP contribution in [0.25, 0.3) is 0 Å². The van der Waals surface area contributed by atoms with Crippen molar-refractivity contribution in [2.45, 2.75) is 26.0 Å². The van der Waals surface area contributed by atoms with Gasteiger partial charge in [-0.15, -0.1) is 0 Å². The molecule has 0 spiro atoms. The number of hydrogen-bond donors (Lipinski definition) is 1. The van der Waals surface area contributed by atoms with Gasteiger partial charge in [0, 0.05) is 26.2 Å². The fraction of sp³-hybridized carbons (Fsp3) is 0.625. The first-order chi connectivity index (χ1) is 10.0. The van der Waals surface area contributed by atoms with E-state index in [9.17, 15) is 5.11 Å².